The van der Waals surface area contributed by atoms with E-state index in [1.165, 1.54) is 11.8 Å². The molecule has 1 amide bonds. The van der Waals surface area contributed by atoms with Crippen LogP contribution in [0.5, 0.6) is 0 Å². The number of benzene rings is 4. The van der Waals surface area contributed by atoms with Crippen LogP contribution in [0.4, 0.5) is 0 Å². The van der Waals surface area contributed by atoms with E-state index in [0.717, 1.165) is 33.3 Å². The van der Waals surface area contributed by atoms with Gasteiger partial charge in [0.1, 0.15) is 0 Å². The SMILES string of the molecule is C/C(=N/NC(=O)CSc1nnc(-c2ccc(Cl)cc2)n1-c1ccccc1)c1cccc2ccccc12. The topological polar surface area (TPSA) is 72.2 Å². The molecular weight excluding hydrogens is 490 g/mol. The van der Waals surface area contributed by atoms with Crippen molar-refractivity contribution in [3.63, 3.8) is 0 Å². The molecule has 1 aromatic heterocycles. The first-order valence-corrected chi connectivity index (χ1v) is 12.7. The number of halogens is 1. The number of hydrogen-bond donors (Lipinski definition) is 1. The van der Waals surface area contributed by atoms with Crippen LogP contribution >= 0.6 is 23.4 Å². The van der Waals surface area contributed by atoms with Crippen LogP contribution in [0.15, 0.2) is 107 Å². The van der Waals surface area contributed by atoms with Gasteiger partial charge in [0.25, 0.3) is 5.91 Å². The molecule has 0 bridgehead atoms. The molecule has 8 heteroatoms. The van der Waals surface area contributed by atoms with Crippen LogP contribution in [-0.2, 0) is 4.79 Å². The van der Waals surface area contributed by atoms with Crippen molar-refractivity contribution in [1.29, 1.82) is 0 Å². The second-order valence-corrected chi connectivity index (χ2v) is 9.41. The Bertz CT molecular complexity index is 1540. The van der Waals surface area contributed by atoms with Crippen LogP contribution in [0.2, 0.25) is 5.02 Å². The van der Waals surface area contributed by atoms with Crippen molar-refractivity contribution in [3.05, 3.63) is 108 Å². The number of rotatable bonds is 7. The molecule has 5 aromatic rings. The molecule has 1 N–H and O–H groups in total. The average Bonchev–Trinajstić information content (AvgIpc) is 3.35. The van der Waals surface area contributed by atoms with Gasteiger partial charge in [0, 0.05) is 21.8 Å². The van der Waals surface area contributed by atoms with Gasteiger partial charge in [-0.3, -0.25) is 9.36 Å². The maximum Gasteiger partial charge on any atom is 0.250 e. The molecule has 0 aliphatic rings. The maximum absolute atomic E-state index is 12.7. The highest BCUT2D eigenvalue weighted by Crippen LogP contribution is 2.28. The first-order chi connectivity index (χ1) is 17.6. The summed E-state index contributed by atoms with van der Waals surface area (Å²) in [5, 5.41) is 16.6. The first kappa shape index (κ1) is 23.8. The Labute approximate surface area is 218 Å². The van der Waals surface area contributed by atoms with E-state index in [2.05, 4.69) is 38.9 Å². The summed E-state index contributed by atoms with van der Waals surface area (Å²) in [6.45, 7) is 1.89. The number of nitrogens with zero attached hydrogens (tertiary/aromatic N) is 4. The first-order valence-electron chi connectivity index (χ1n) is 11.3. The Morgan fingerprint density at radius 2 is 1.64 bits per heavy atom. The van der Waals surface area contributed by atoms with E-state index in [9.17, 15) is 4.79 Å². The number of hydrogen-bond acceptors (Lipinski definition) is 5. The molecule has 0 aliphatic carbocycles. The molecule has 0 unspecified atom stereocenters. The van der Waals surface area contributed by atoms with Gasteiger partial charge >= 0.3 is 0 Å². The van der Waals surface area contributed by atoms with Gasteiger partial charge in [-0.2, -0.15) is 5.10 Å². The summed E-state index contributed by atoms with van der Waals surface area (Å²) in [6, 6.07) is 31.4. The summed E-state index contributed by atoms with van der Waals surface area (Å²) in [5.74, 6) is 0.582. The minimum Gasteiger partial charge on any atom is -0.272 e. The minimum absolute atomic E-state index is 0.137. The van der Waals surface area contributed by atoms with Crippen LogP contribution in [0.3, 0.4) is 0 Å². The molecule has 0 spiro atoms. The molecule has 36 heavy (non-hydrogen) atoms. The number of amides is 1. The highest BCUT2D eigenvalue weighted by atomic mass is 35.5. The summed E-state index contributed by atoms with van der Waals surface area (Å²) >= 11 is 7.36. The Kier molecular flexibility index (Phi) is 7.11. The predicted molar refractivity (Wildman–Crippen MR) is 147 cm³/mol. The van der Waals surface area contributed by atoms with Crippen molar-refractivity contribution >= 4 is 45.8 Å². The van der Waals surface area contributed by atoms with E-state index >= 15 is 0 Å². The average molecular weight is 512 g/mol. The van der Waals surface area contributed by atoms with Crippen LogP contribution < -0.4 is 5.43 Å². The van der Waals surface area contributed by atoms with E-state index in [4.69, 9.17) is 11.6 Å². The monoisotopic (exact) mass is 511 g/mol. The fourth-order valence-corrected chi connectivity index (χ4v) is 4.74. The van der Waals surface area contributed by atoms with Gasteiger partial charge < -0.3 is 0 Å². The van der Waals surface area contributed by atoms with E-state index in [-0.39, 0.29) is 11.7 Å². The fourth-order valence-electron chi connectivity index (χ4n) is 3.87. The molecule has 4 aromatic carbocycles. The summed E-state index contributed by atoms with van der Waals surface area (Å²) < 4.78 is 1.94. The number of hydrazone groups is 1. The summed E-state index contributed by atoms with van der Waals surface area (Å²) in [4.78, 5) is 12.7. The molecule has 0 aliphatic heterocycles. The third-order valence-corrected chi connectivity index (χ3v) is 6.79. The van der Waals surface area contributed by atoms with Gasteiger partial charge in [-0.1, -0.05) is 84.0 Å². The van der Waals surface area contributed by atoms with E-state index < -0.39 is 0 Å². The van der Waals surface area contributed by atoms with E-state index in [1.54, 1.807) is 0 Å². The van der Waals surface area contributed by atoms with Crippen molar-refractivity contribution in [3.8, 4) is 17.1 Å². The Hall–Kier alpha value is -3.94. The van der Waals surface area contributed by atoms with Crippen LogP contribution in [-0.4, -0.2) is 32.1 Å². The van der Waals surface area contributed by atoms with E-state index in [0.29, 0.717) is 16.0 Å². The summed E-state index contributed by atoms with van der Waals surface area (Å²) in [6.07, 6.45) is 0. The largest absolute Gasteiger partial charge is 0.272 e. The number of para-hydroxylation sites is 1. The normalized spacial score (nSPS) is 11.6. The van der Waals surface area contributed by atoms with Gasteiger partial charge in [-0.15, -0.1) is 10.2 Å². The van der Waals surface area contributed by atoms with Crippen LogP contribution in [0, 0.1) is 0 Å². The Morgan fingerprint density at radius 1 is 0.917 bits per heavy atom. The molecule has 6 nitrogen and oxygen atoms in total. The number of nitrogens with one attached hydrogen (secondary N) is 1. The zero-order valence-corrected chi connectivity index (χ0v) is 21.0. The van der Waals surface area contributed by atoms with Crippen LogP contribution in [0.1, 0.15) is 12.5 Å². The number of carbonyl (C=O) groups excluding carboxylic acids is 1. The number of carbonyl (C=O) groups is 1. The lowest BCUT2D eigenvalue weighted by Crippen LogP contribution is -2.21. The number of aromatic nitrogens is 3. The quantitative estimate of drug-likeness (QED) is 0.156. The number of fused-ring (bicyclic) bond motifs is 1. The van der Waals surface area contributed by atoms with Gasteiger partial charge in [0.2, 0.25) is 0 Å². The standard InChI is InChI=1S/C28H22ClN5OS/c1-19(24-13-7-9-20-8-5-6-12-25(20)24)30-31-26(35)18-36-28-33-32-27(21-14-16-22(29)17-15-21)34(28)23-10-3-2-4-11-23/h2-17H,18H2,1H3,(H,31,35)/b30-19-. The lowest BCUT2D eigenvalue weighted by atomic mass is 10.0. The molecule has 0 radical (unpaired) electrons. The molecule has 5 rings (SSSR count). The highest BCUT2D eigenvalue weighted by Gasteiger charge is 2.17. The molecule has 0 atom stereocenters. The second-order valence-electron chi connectivity index (χ2n) is 8.03. The zero-order chi connectivity index (χ0) is 24.9. The lowest BCUT2D eigenvalue weighted by Gasteiger charge is -2.10. The lowest BCUT2D eigenvalue weighted by molar-refractivity contribution is -0.118. The molecule has 0 fully saturated rings. The molecule has 178 valence electrons. The van der Waals surface area contributed by atoms with Crippen molar-refractivity contribution in [2.24, 2.45) is 5.10 Å². The Balaban J connectivity index is 1.34. The smallest absolute Gasteiger partial charge is 0.250 e. The van der Waals surface area contributed by atoms with Gasteiger partial charge in [0.15, 0.2) is 11.0 Å². The van der Waals surface area contributed by atoms with Crippen molar-refractivity contribution in [1.82, 2.24) is 20.2 Å². The van der Waals surface area contributed by atoms with Gasteiger partial charge in [-0.25, -0.2) is 5.43 Å². The molecule has 0 saturated heterocycles. The molecule has 0 saturated carbocycles. The number of thioether (sulfide) groups is 1. The van der Waals surface area contributed by atoms with Gasteiger partial charge in [-0.05, 0) is 54.1 Å². The fraction of sp³-hybridized carbons (Fsp3) is 0.0714. The maximum atomic E-state index is 12.7. The van der Waals surface area contributed by atoms with E-state index in [1.807, 2.05) is 90.4 Å². The van der Waals surface area contributed by atoms with Gasteiger partial charge in [0.05, 0.1) is 11.5 Å². The summed E-state index contributed by atoms with van der Waals surface area (Å²) in [5.41, 5.74) is 6.18. The minimum atomic E-state index is -0.227. The van der Waals surface area contributed by atoms with Crippen molar-refractivity contribution in [2.45, 2.75) is 12.1 Å². The predicted octanol–water partition coefficient (Wildman–Crippen LogP) is 6.37. The van der Waals surface area contributed by atoms with Crippen molar-refractivity contribution in [2.75, 3.05) is 5.75 Å². The third kappa shape index (κ3) is 5.17. The molecule has 1 heterocycles. The van der Waals surface area contributed by atoms with Crippen molar-refractivity contribution < 1.29 is 4.79 Å². The third-order valence-electron chi connectivity index (χ3n) is 5.61. The molecular formula is C28H22ClN5OS. The second kappa shape index (κ2) is 10.8. The summed E-state index contributed by atoms with van der Waals surface area (Å²) in [7, 11) is 0. The Morgan fingerprint density at radius 3 is 2.44 bits per heavy atom. The zero-order valence-electron chi connectivity index (χ0n) is 19.4. The highest BCUT2D eigenvalue weighted by molar-refractivity contribution is 7.99. The van der Waals surface area contributed by atoms with Crippen LogP contribution in [0.25, 0.3) is 27.8 Å².